The highest BCUT2D eigenvalue weighted by Crippen LogP contribution is 2.34. The molecular formula is C16H25BrN6O. The summed E-state index contributed by atoms with van der Waals surface area (Å²) in [4.78, 5) is 11.0. The number of hydrogen-bond acceptors (Lipinski definition) is 6. The second-order valence-corrected chi connectivity index (χ2v) is 7.37. The van der Waals surface area contributed by atoms with Crippen LogP contribution in [-0.4, -0.2) is 62.0 Å². The van der Waals surface area contributed by atoms with E-state index in [9.17, 15) is 5.11 Å². The van der Waals surface area contributed by atoms with Crippen LogP contribution in [0.1, 0.15) is 32.1 Å². The largest absolute Gasteiger partial charge is 0.395 e. The monoisotopic (exact) mass is 396 g/mol. The molecule has 0 bridgehead atoms. The van der Waals surface area contributed by atoms with Crippen molar-refractivity contribution >= 4 is 32.8 Å². The summed E-state index contributed by atoms with van der Waals surface area (Å²) in [5.41, 5.74) is 0.869. The van der Waals surface area contributed by atoms with Crippen molar-refractivity contribution in [1.29, 1.82) is 0 Å². The third-order valence-electron chi connectivity index (χ3n) is 5.19. The highest BCUT2D eigenvalue weighted by Gasteiger charge is 2.35. The van der Waals surface area contributed by atoms with Crippen molar-refractivity contribution in [3.8, 4) is 0 Å². The van der Waals surface area contributed by atoms with Gasteiger partial charge in [0.1, 0.15) is 16.7 Å². The minimum absolute atomic E-state index is 0.0624. The fourth-order valence-electron chi connectivity index (χ4n) is 3.71. The van der Waals surface area contributed by atoms with Crippen LogP contribution in [0, 0.1) is 0 Å². The molecule has 1 aliphatic rings. The van der Waals surface area contributed by atoms with Gasteiger partial charge in [-0.3, -0.25) is 4.90 Å². The van der Waals surface area contributed by atoms with Gasteiger partial charge in [0.25, 0.3) is 0 Å². The SMILES string of the molecule is CN(CCO)C1(CNc2ncnc3c2c(Br)nn3C)CCCCC1. The Morgan fingerprint density at radius 2 is 2.08 bits per heavy atom. The molecule has 7 nitrogen and oxygen atoms in total. The van der Waals surface area contributed by atoms with Gasteiger partial charge in [0.2, 0.25) is 0 Å². The Balaban J connectivity index is 1.85. The number of aliphatic hydroxyl groups is 1. The highest BCUT2D eigenvalue weighted by molar-refractivity contribution is 9.10. The van der Waals surface area contributed by atoms with Crippen LogP contribution >= 0.6 is 15.9 Å². The van der Waals surface area contributed by atoms with Gasteiger partial charge in [0, 0.05) is 25.7 Å². The molecule has 0 aliphatic heterocycles. The van der Waals surface area contributed by atoms with E-state index in [0.29, 0.717) is 6.54 Å². The third kappa shape index (κ3) is 3.27. The average Bonchev–Trinajstić information content (AvgIpc) is 2.89. The van der Waals surface area contributed by atoms with Crippen molar-refractivity contribution < 1.29 is 5.11 Å². The van der Waals surface area contributed by atoms with Crippen molar-refractivity contribution in [3.05, 3.63) is 10.9 Å². The van der Waals surface area contributed by atoms with E-state index in [1.54, 1.807) is 11.0 Å². The molecule has 132 valence electrons. The van der Waals surface area contributed by atoms with Gasteiger partial charge in [-0.05, 0) is 35.8 Å². The van der Waals surface area contributed by atoms with Crippen LogP contribution in [0.5, 0.6) is 0 Å². The topological polar surface area (TPSA) is 79.1 Å². The van der Waals surface area contributed by atoms with Crippen molar-refractivity contribution in [2.75, 3.05) is 32.1 Å². The van der Waals surface area contributed by atoms with E-state index in [-0.39, 0.29) is 12.1 Å². The molecule has 1 saturated carbocycles. The second kappa shape index (κ2) is 7.33. The second-order valence-electron chi connectivity index (χ2n) is 6.62. The van der Waals surface area contributed by atoms with Crippen LogP contribution in [0.4, 0.5) is 5.82 Å². The zero-order chi connectivity index (χ0) is 17.2. The lowest BCUT2D eigenvalue weighted by atomic mass is 9.80. The zero-order valence-electron chi connectivity index (χ0n) is 14.3. The average molecular weight is 397 g/mol. The number of nitrogens with zero attached hydrogens (tertiary/aromatic N) is 5. The molecule has 0 amide bonds. The van der Waals surface area contributed by atoms with Gasteiger partial charge < -0.3 is 10.4 Å². The number of likely N-dealkylation sites (N-methyl/N-ethyl adjacent to an activating group) is 1. The molecular weight excluding hydrogens is 372 g/mol. The molecule has 0 aromatic carbocycles. The Hall–Kier alpha value is -1.25. The lowest BCUT2D eigenvalue weighted by Crippen LogP contribution is -2.53. The van der Waals surface area contributed by atoms with Crippen LogP contribution in [-0.2, 0) is 7.05 Å². The van der Waals surface area contributed by atoms with Gasteiger partial charge in [-0.15, -0.1) is 0 Å². The van der Waals surface area contributed by atoms with Crippen molar-refractivity contribution in [3.63, 3.8) is 0 Å². The van der Waals surface area contributed by atoms with Crippen LogP contribution in [0.3, 0.4) is 0 Å². The lowest BCUT2D eigenvalue weighted by Gasteiger charge is -2.45. The Labute approximate surface area is 150 Å². The Morgan fingerprint density at radius 3 is 2.79 bits per heavy atom. The number of fused-ring (bicyclic) bond motifs is 1. The molecule has 2 aromatic rings. The summed E-state index contributed by atoms with van der Waals surface area (Å²) in [6, 6.07) is 0. The van der Waals surface area contributed by atoms with Crippen LogP contribution in [0.25, 0.3) is 11.0 Å². The molecule has 2 heterocycles. The predicted octanol–water partition coefficient (Wildman–Crippen LogP) is 2.16. The summed E-state index contributed by atoms with van der Waals surface area (Å²) in [6.45, 7) is 1.68. The van der Waals surface area contributed by atoms with Gasteiger partial charge in [-0.2, -0.15) is 5.10 Å². The van der Waals surface area contributed by atoms with Crippen LogP contribution in [0.15, 0.2) is 10.9 Å². The van der Waals surface area contributed by atoms with Crippen molar-refractivity contribution in [2.45, 2.75) is 37.6 Å². The van der Waals surface area contributed by atoms with Crippen molar-refractivity contribution in [2.24, 2.45) is 7.05 Å². The fourth-order valence-corrected chi connectivity index (χ4v) is 4.32. The van der Waals surface area contributed by atoms with Gasteiger partial charge in [0.15, 0.2) is 5.65 Å². The smallest absolute Gasteiger partial charge is 0.164 e. The Morgan fingerprint density at radius 1 is 1.33 bits per heavy atom. The first-order valence-corrected chi connectivity index (χ1v) is 9.26. The maximum Gasteiger partial charge on any atom is 0.164 e. The molecule has 1 aliphatic carbocycles. The number of rotatable bonds is 6. The molecule has 3 rings (SSSR count). The maximum atomic E-state index is 9.35. The van der Waals surface area contributed by atoms with Gasteiger partial charge in [-0.25, -0.2) is 14.6 Å². The molecule has 0 unspecified atom stereocenters. The summed E-state index contributed by atoms with van der Waals surface area (Å²) >= 11 is 3.51. The van der Waals surface area contributed by atoms with E-state index < -0.39 is 0 Å². The first-order chi connectivity index (χ1) is 11.6. The van der Waals surface area contributed by atoms with Gasteiger partial charge in [0.05, 0.1) is 12.0 Å². The number of anilines is 1. The molecule has 24 heavy (non-hydrogen) atoms. The summed E-state index contributed by atoms with van der Waals surface area (Å²) in [5, 5.41) is 18.2. The summed E-state index contributed by atoms with van der Waals surface area (Å²) in [5.74, 6) is 0.808. The Kier molecular flexibility index (Phi) is 5.36. The number of β-amino-alcohol motifs (C(OH)–C–C–N with tert-alkyl or cyclic N) is 1. The Bertz CT molecular complexity index is 697. The van der Waals surface area contributed by atoms with Crippen LogP contribution < -0.4 is 5.32 Å². The predicted molar refractivity (Wildman–Crippen MR) is 98.0 cm³/mol. The first kappa shape index (κ1) is 17.6. The fraction of sp³-hybridized carbons (Fsp3) is 0.688. The highest BCUT2D eigenvalue weighted by atomic mass is 79.9. The van der Waals surface area contributed by atoms with E-state index in [0.717, 1.165) is 40.8 Å². The summed E-state index contributed by atoms with van der Waals surface area (Å²) in [6.07, 6.45) is 7.60. The normalized spacial score (nSPS) is 17.5. The molecule has 2 N–H and O–H groups in total. The van der Waals surface area contributed by atoms with E-state index in [4.69, 9.17) is 0 Å². The standard InChI is InChI=1S/C16H25BrN6O/c1-22(8-9-24)16(6-4-3-5-7-16)10-18-14-12-13(17)21-23(2)15(12)20-11-19-14/h11,24H,3-10H2,1-2H3,(H,18,19,20). The number of nitrogens with one attached hydrogen (secondary N) is 1. The molecule has 1 fully saturated rings. The lowest BCUT2D eigenvalue weighted by molar-refractivity contribution is 0.0690. The summed E-state index contributed by atoms with van der Waals surface area (Å²) in [7, 11) is 3.99. The van der Waals surface area contributed by atoms with Crippen LogP contribution in [0.2, 0.25) is 0 Å². The van der Waals surface area contributed by atoms with E-state index in [2.05, 4.69) is 48.3 Å². The molecule has 0 saturated heterocycles. The number of hydrogen-bond donors (Lipinski definition) is 2. The van der Waals surface area contributed by atoms with E-state index in [1.165, 1.54) is 19.3 Å². The molecule has 8 heteroatoms. The van der Waals surface area contributed by atoms with E-state index >= 15 is 0 Å². The third-order valence-corrected chi connectivity index (χ3v) is 5.75. The maximum absolute atomic E-state index is 9.35. The van der Waals surface area contributed by atoms with E-state index in [1.807, 2.05) is 7.05 Å². The minimum atomic E-state index is 0.0624. The van der Waals surface area contributed by atoms with Gasteiger partial charge in [-0.1, -0.05) is 19.3 Å². The number of aromatic nitrogens is 4. The summed E-state index contributed by atoms with van der Waals surface area (Å²) < 4.78 is 2.50. The molecule has 0 spiro atoms. The number of halogens is 1. The quantitative estimate of drug-likeness (QED) is 0.778. The number of aryl methyl sites for hydroxylation is 1. The number of aliphatic hydroxyl groups excluding tert-OH is 1. The first-order valence-electron chi connectivity index (χ1n) is 8.46. The molecule has 2 aromatic heterocycles. The molecule has 0 radical (unpaired) electrons. The minimum Gasteiger partial charge on any atom is -0.395 e. The van der Waals surface area contributed by atoms with Gasteiger partial charge >= 0.3 is 0 Å². The molecule has 0 atom stereocenters. The zero-order valence-corrected chi connectivity index (χ0v) is 15.9. The van der Waals surface area contributed by atoms with Crippen molar-refractivity contribution in [1.82, 2.24) is 24.6 Å².